The van der Waals surface area contributed by atoms with E-state index < -0.39 is 6.04 Å². The highest BCUT2D eigenvalue weighted by atomic mass is 16.5. The van der Waals surface area contributed by atoms with E-state index in [0.717, 1.165) is 6.42 Å². The second-order valence-electron chi connectivity index (χ2n) is 6.93. The lowest BCUT2D eigenvalue weighted by molar-refractivity contribution is -0.141. The van der Waals surface area contributed by atoms with Gasteiger partial charge in [-0.25, -0.2) is 0 Å². The van der Waals surface area contributed by atoms with E-state index in [1.54, 1.807) is 24.3 Å². The van der Waals surface area contributed by atoms with E-state index in [1.807, 2.05) is 27.7 Å². The predicted molar refractivity (Wildman–Crippen MR) is 107 cm³/mol. The van der Waals surface area contributed by atoms with E-state index in [9.17, 15) is 14.4 Å². The van der Waals surface area contributed by atoms with Crippen molar-refractivity contribution in [2.75, 3.05) is 13.7 Å². The van der Waals surface area contributed by atoms with Gasteiger partial charge in [0.1, 0.15) is 11.8 Å². The van der Waals surface area contributed by atoms with Crippen molar-refractivity contribution in [3.8, 4) is 5.75 Å². The number of ether oxygens (including phenoxy) is 2. The zero-order valence-electron chi connectivity index (χ0n) is 17.4. The first-order chi connectivity index (χ1) is 13.3. The molecule has 0 radical (unpaired) electrons. The van der Waals surface area contributed by atoms with Crippen LogP contribution in [0.5, 0.6) is 5.75 Å². The molecule has 0 aliphatic carbocycles. The van der Waals surface area contributed by atoms with E-state index in [2.05, 4.69) is 10.6 Å². The van der Waals surface area contributed by atoms with Gasteiger partial charge in [0.2, 0.25) is 5.91 Å². The summed E-state index contributed by atoms with van der Waals surface area (Å²) in [4.78, 5) is 36.9. The van der Waals surface area contributed by atoms with Gasteiger partial charge in [-0.1, -0.05) is 27.2 Å². The summed E-state index contributed by atoms with van der Waals surface area (Å²) in [5, 5.41) is 5.66. The molecule has 0 unspecified atom stereocenters. The molecule has 0 spiro atoms. The largest absolute Gasteiger partial charge is 0.494 e. The van der Waals surface area contributed by atoms with Gasteiger partial charge in [0.25, 0.3) is 5.91 Å². The molecule has 1 aromatic carbocycles. The molecule has 1 rings (SSSR count). The van der Waals surface area contributed by atoms with Crippen molar-refractivity contribution in [1.29, 1.82) is 0 Å². The van der Waals surface area contributed by atoms with Crippen LogP contribution >= 0.6 is 0 Å². The maximum absolute atomic E-state index is 12.7. The van der Waals surface area contributed by atoms with Crippen LogP contribution in [0.1, 0.15) is 57.3 Å². The number of benzene rings is 1. The highest BCUT2D eigenvalue weighted by Crippen LogP contribution is 2.13. The molecule has 0 aromatic heterocycles. The van der Waals surface area contributed by atoms with Gasteiger partial charge in [0.15, 0.2) is 0 Å². The van der Waals surface area contributed by atoms with Crippen molar-refractivity contribution in [3.63, 3.8) is 0 Å². The lowest BCUT2D eigenvalue weighted by atomic mass is 10.0. The fraction of sp³-hybridized carbons (Fsp3) is 0.571. The number of amides is 2. The lowest BCUT2D eigenvalue weighted by Gasteiger charge is -2.25. The van der Waals surface area contributed by atoms with Gasteiger partial charge in [-0.3, -0.25) is 14.4 Å². The molecule has 0 fully saturated rings. The smallest absolute Gasteiger partial charge is 0.307 e. The first kappa shape index (κ1) is 23.5. The van der Waals surface area contributed by atoms with Crippen LogP contribution in [0.2, 0.25) is 0 Å². The third kappa shape index (κ3) is 7.58. The molecular weight excluding hydrogens is 360 g/mol. The molecule has 0 heterocycles. The number of hydrogen-bond donors (Lipinski definition) is 2. The molecule has 28 heavy (non-hydrogen) atoms. The summed E-state index contributed by atoms with van der Waals surface area (Å²) in [6.45, 7) is 8.13. The molecule has 0 saturated heterocycles. The molecule has 0 saturated carbocycles. The number of esters is 1. The van der Waals surface area contributed by atoms with Gasteiger partial charge >= 0.3 is 5.97 Å². The number of hydrogen-bond acceptors (Lipinski definition) is 5. The van der Waals surface area contributed by atoms with E-state index in [-0.39, 0.29) is 36.2 Å². The second kappa shape index (κ2) is 12.0. The molecule has 0 aliphatic heterocycles. The molecule has 156 valence electrons. The monoisotopic (exact) mass is 392 g/mol. The molecule has 2 amide bonds. The van der Waals surface area contributed by atoms with E-state index in [4.69, 9.17) is 9.47 Å². The Morgan fingerprint density at radius 3 is 2.18 bits per heavy atom. The van der Waals surface area contributed by atoms with Crippen LogP contribution in [0.3, 0.4) is 0 Å². The Morgan fingerprint density at radius 1 is 1.04 bits per heavy atom. The summed E-state index contributed by atoms with van der Waals surface area (Å²) in [6.07, 6.45) is 1.57. The maximum Gasteiger partial charge on any atom is 0.307 e. The predicted octanol–water partition coefficient (Wildman–Crippen LogP) is 2.69. The van der Waals surface area contributed by atoms with Crippen molar-refractivity contribution in [1.82, 2.24) is 10.6 Å². The highest BCUT2D eigenvalue weighted by Gasteiger charge is 2.27. The first-order valence-corrected chi connectivity index (χ1v) is 9.73. The minimum Gasteiger partial charge on any atom is -0.494 e. The van der Waals surface area contributed by atoms with Crippen molar-refractivity contribution in [2.24, 2.45) is 5.92 Å². The summed E-state index contributed by atoms with van der Waals surface area (Å²) in [6, 6.07) is 5.72. The van der Waals surface area contributed by atoms with Crippen LogP contribution in [0.15, 0.2) is 24.3 Å². The SMILES string of the molecule is CCC[C@@H](CC(=O)OC)NC(=O)[C@@H](NC(=O)c1ccc(OCC)cc1)C(C)C. The number of nitrogens with one attached hydrogen (secondary N) is 2. The summed E-state index contributed by atoms with van der Waals surface area (Å²) < 4.78 is 10.1. The Kier molecular flexibility index (Phi) is 10.1. The normalized spacial score (nSPS) is 12.8. The number of carbonyl (C=O) groups is 3. The third-order valence-electron chi connectivity index (χ3n) is 4.29. The molecule has 2 atom stereocenters. The van der Waals surface area contributed by atoms with E-state index in [1.165, 1.54) is 7.11 Å². The topological polar surface area (TPSA) is 93.7 Å². The first-order valence-electron chi connectivity index (χ1n) is 9.73. The van der Waals surface area contributed by atoms with Gasteiger partial charge < -0.3 is 20.1 Å². The van der Waals surface area contributed by atoms with Crippen LogP contribution < -0.4 is 15.4 Å². The standard InChI is InChI=1S/C21H32N2O5/c1-6-8-16(13-18(24)27-5)22-21(26)19(14(3)4)23-20(25)15-9-11-17(12-10-15)28-7-2/h9-12,14,16,19H,6-8,13H2,1-5H3,(H,22,26)(H,23,25)/t16-,19-/m0/s1. The minimum absolute atomic E-state index is 0.105. The molecular formula is C21H32N2O5. The van der Waals surface area contributed by atoms with Crippen molar-refractivity contribution in [3.05, 3.63) is 29.8 Å². The molecule has 7 heteroatoms. The fourth-order valence-electron chi connectivity index (χ4n) is 2.78. The number of carbonyl (C=O) groups excluding carboxylic acids is 3. The Balaban J connectivity index is 2.80. The Labute approximate surface area is 167 Å². The molecule has 2 N–H and O–H groups in total. The van der Waals surface area contributed by atoms with Gasteiger partial charge in [-0.2, -0.15) is 0 Å². The van der Waals surface area contributed by atoms with Crippen LogP contribution in [0.4, 0.5) is 0 Å². The van der Waals surface area contributed by atoms with Gasteiger partial charge in [-0.05, 0) is 43.5 Å². The van der Waals surface area contributed by atoms with Gasteiger partial charge in [-0.15, -0.1) is 0 Å². The van der Waals surface area contributed by atoms with Gasteiger partial charge in [0, 0.05) is 11.6 Å². The van der Waals surface area contributed by atoms with Crippen LogP contribution in [-0.2, 0) is 14.3 Å². The van der Waals surface area contributed by atoms with Gasteiger partial charge in [0.05, 0.1) is 20.1 Å². The summed E-state index contributed by atoms with van der Waals surface area (Å²) in [7, 11) is 1.32. The highest BCUT2D eigenvalue weighted by molar-refractivity contribution is 5.97. The zero-order valence-corrected chi connectivity index (χ0v) is 17.4. The second-order valence-corrected chi connectivity index (χ2v) is 6.93. The summed E-state index contributed by atoms with van der Waals surface area (Å²) in [5.74, 6) is -0.457. The summed E-state index contributed by atoms with van der Waals surface area (Å²) >= 11 is 0. The lowest BCUT2D eigenvalue weighted by Crippen LogP contribution is -2.52. The summed E-state index contributed by atoms with van der Waals surface area (Å²) in [5.41, 5.74) is 0.446. The molecule has 1 aromatic rings. The minimum atomic E-state index is -0.712. The van der Waals surface area contributed by atoms with E-state index in [0.29, 0.717) is 24.3 Å². The number of methoxy groups -OCH3 is 1. The van der Waals surface area contributed by atoms with Crippen LogP contribution in [0, 0.1) is 5.92 Å². The average Bonchev–Trinajstić information content (AvgIpc) is 2.66. The van der Waals surface area contributed by atoms with Crippen LogP contribution in [-0.4, -0.2) is 43.6 Å². The van der Waals surface area contributed by atoms with Crippen LogP contribution in [0.25, 0.3) is 0 Å². The molecule has 7 nitrogen and oxygen atoms in total. The average molecular weight is 392 g/mol. The Bertz CT molecular complexity index is 643. The Hall–Kier alpha value is -2.57. The number of rotatable bonds is 11. The Morgan fingerprint density at radius 2 is 1.68 bits per heavy atom. The molecule has 0 aliphatic rings. The van der Waals surface area contributed by atoms with Crippen molar-refractivity contribution < 1.29 is 23.9 Å². The molecule has 0 bridgehead atoms. The quantitative estimate of drug-likeness (QED) is 0.565. The maximum atomic E-state index is 12.7. The zero-order chi connectivity index (χ0) is 21.1. The van der Waals surface area contributed by atoms with Crippen molar-refractivity contribution >= 4 is 17.8 Å². The van der Waals surface area contributed by atoms with E-state index >= 15 is 0 Å². The van der Waals surface area contributed by atoms with Crippen molar-refractivity contribution in [2.45, 2.75) is 59.0 Å². The fourth-order valence-corrected chi connectivity index (χ4v) is 2.78. The third-order valence-corrected chi connectivity index (χ3v) is 4.29.